The molecular formula is C22H30F6O2. The van der Waals surface area contributed by atoms with Gasteiger partial charge in [0, 0.05) is 0 Å². The van der Waals surface area contributed by atoms with Gasteiger partial charge >= 0.3 is 12.4 Å². The Kier molecular flexibility index (Phi) is 6.67. The molecule has 0 bridgehead atoms. The fraction of sp³-hybridized carbons (Fsp3) is 0.727. The lowest BCUT2D eigenvalue weighted by molar-refractivity contribution is -0.143. The van der Waals surface area contributed by atoms with Crippen molar-refractivity contribution in [3.05, 3.63) is 34.9 Å². The van der Waals surface area contributed by atoms with E-state index < -0.39 is 35.2 Å². The smallest absolute Gasteiger partial charge is 0.390 e. The number of benzene rings is 1. The molecule has 0 radical (unpaired) electrons. The molecule has 1 aromatic rings. The van der Waals surface area contributed by atoms with Crippen LogP contribution in [0.2, 0.25) is 0 Å². The highest BCUT2D eigenvalue weighted by atomic mass is 19.4. The standard InChI is InChI=1S/C22H30F6O2/c1-14(15-10-16(21(23,24)25)12-17(11-15)22(26,27)28)30-13-19(4)6-8-20(5,9-7-19)18(2,3)29/h10-12,14,29H,6-9,13H2,1-5H3/t14-,19?,20?/m1/s1. The summed E-state index contributed by atoms with van der Waals surface area (Å²) in [5, 5.41) is 10.4. The molecule has 0 heterocycles. The zero-order valence-electron chi connectivity index (χ0n) is 18.0. The van der Waals surface area contributed by atoms with E-state index in [1.807, 2.05) is 13.8 Å². The van der Waals surface area contributed by atoms with Crippen molar-refractivity contribution < 1.29 is 36.2 Å². The van der Waals surface area contributed by atoms with Gasteiger partial charge in [0.25, 0.3) is 0 Å². The van der Waals surface area contributed by atoms with E-state index in [9.17, 15) is 31.4 Å². The lowest BCUT2D eigenvalue weighted by atomic mass is 9.60. The van der Waals surface area contributed by atoms with Gasteiger partial charge in [-0.2, -0.15) is 26.3 Å². The van der Waals surface area contributed by atoms with E-state index in [2.05, 4.69) is 0 Å². The summed E-state index contributed by atoms with van der Waals surface area (Å²) in [5.41, 5.74) is -4.18. The second-order valence-electron chi connectivity index (χ2n) is 9.72. The second-order valence-corrected chi connectivity index (χ2v) is 9.72. The summed E-state index contributed by atoms with van der Waals surface area (Å²) in [6.45, 7) is 9.25. The van der Waals surface area contributed by atoms with Gasteiger partial charge in [-0.05, 0) is 81.0 Å². The van der Waals surface area contributed by atoms with Crippen molar-refractivity contribution in [3.8, 4) is 0 Å². The summed E-state index contributed by atoms with van der Waals surface area (Å²) in [6, 6.07) is 1.55. The van der Waals surface area contributed by atoms with Crippen LogP contribution in [0.1, 0.15) is 83.1 Å². The Labute approximate surface area is 173 Å². The third-order valence-corrected chi connectivity index (χ3v) is 6.80. The van der Waals surface area contributed by atoms with Crippen molar-refractivity contribution in [2.24, 2.45) is 10.8 Å². The van der Waals surface area contributed by atoms with Gasteiger partial charge in [-0.15, -0.1) is 0 Å². The molecule has 0 saturated heterocycles. The van der Waals surface area contributed by atoms with Crippen LogP contribution in [-0.4, -0.2) is 17.3 Å². The van der Waals surface area contributed by atoms with Crippen LogP contribution in [-0.2, 0) is 17.1 Å². The van der Waals surface area contributed by atoms with Crippen molar-refractivity contribution >= 4 is 0 Å². The first-order valence-electron chi connectivity index (χ1n) is 10.00. The summed E-state index contributed by atoms with van der Waals surface area (Å²) < 4.78 is 84.2. The van der Waals surface area contributed by atoms with Gasteiger partial charge in [-0.25, -0.2) is 0 Å². The normalized spacial score (nSPS) is 27.2. The van der Waals surface area contributed by atoms with Crippen LogP contribution in [0.15, 0.2) is 18.2 Å². The Balaban J connectivity index is 2.14. The van der Waals surface area contributed by atoms with E-state index in [-0.39, 0.29) is 29.1 Å². The van der Waals surface area contributed by atoms with Gasteiger partial charge < -0.3 is 9.84 Å². The average Bonchev–Trinajstić information content (AvgIpc) is 2.60. The summed E-state index contributed by atoms with van der Waals surface area (Å²) in [6.07, 6.45) is -7.68. The molecule has 8 heteroatoms. The van der Waals surface area contributed by atoms with Gasteiger partial charge in [-0.1, -0.05) is 13.8 Å². The largest absolute Gasteiger partial charge is 0.416 e. The predicted octanol–water partition coefficient (Wildman–Crippen LogP) is 7.16. The number of halogens is 6. The van der Waals surface area contributed by atoms with Crippen LogP contribution in [0.25, 0.3) is 0 Å². The first-order valence-corrected chi connectivity index (χ1v) is 10.00. The summed E-state index contributed by atoms with van der Waals surface area (Å²) in [4.78, 5) is 0. The maximum atomic E-state index is 13.1. The van der Waals surface area contributed by atoms with Crippen molar-refractivity contribution in [2.45, 2.75) is 84.4 Å². The minimum Gasteiger partial charge on any atom is -0.390 e. The van der Waals surface area contributed by atoms with E-state index in [4.69, 9.17) is 4.74 Å². The first kappa shape index (κ1) is 25.0. The van der Waals surface area contributed by atoms with Crippen molar-refractivity contribution in [1.29, 1.82) is 0 Å². The molecule has 1 aliphatic carbocycles. The van der Waals surface area contributed by atoms with E-state index >= 15 is 0 Å². The highest BCUT2D eigenvalue weighted by molar-refractivity contribution is 5.34. The molecule has 0 unspecified atom stereocenters. The fourth-order valence-electron chi connectivity index (χ4n) is 3.80. The minimum absolute atomic E-state index is 0.121. The van der Waals surface area contributed by atoms with E-state index in [0.29, 0.717) is 12.1 Å². The molecule has 1 atom stereocenters. The summed E-state index contributed by atoms with van der Waals surface area (Å²) in [5.74, 6) is 0. The molecule has 0 aliphatic heterocycles. The lowest BCUT2D eigenvalue weighted by Gasteiger charge is -2.49. The SMILES string of the molecule is C[C@@H](OCC1(C)CCC(C)(C(C)(C)O)CC1)c1cc(C(F)(F)F)cc(C(F)(F)F)c1. The molecule has 30 heavy (non-hydrogen) atoms. The number of rotatable bonds is 5. The number of ether oxygens (including phenoxy) is 1. The van der Waals surface area contributed by atoms with Crippen molar-refractivity contribution in [3.63, 3.8) is 0 Å². The number of hydrogen-bond acceptors (Lipinski definition) is 2. The molecule has 1 N–H and O–H groups in total. The van der Waals surface area contributed by atoms with Crippen molar-refractivity contribution in [2.75, 3.05) is 6.61 Å². The van der Waals surface area contributed by atoms with Gasteiger partial charge in [0.05, 0.1) is 29.4 Å². The van der Waals surface area contributed by atoms with Crippen LogP contribution in [0.3, 0.4) is 0 Å². The van der Waals surface area contributed by atoms with Crippen LogP contribution < -0.4 is 0 Å². The molecule has 0 aromatic heterocycles. The molecule has 172 valence electrons. The summed E-state index contributed by atoms with van der Waals surface area (Å²) in [7, 11) is 0. The zero-order chi connectivity index (χ0) is 23.2. The second kappa shape index (κ2) is 8.01. The van der Waals surface area contributed by atoms with Crippen molar-refractivity contribution in [1.82, 2.24) is 0 Å². The molecule has 2 rings (SSSR count). The maximum Gasteiger partial charge on any atom is 0.416 e. The average molecular weight is 440 g/mol. The Hall–Kier alpha value is -1.28. The van der Waals surface area contributed by atoms with Crippen LogP contribution >= 0.6 is 0 Å². The van der Waals surface area contributed by atoms with E-state index in [0.717, 1.165) is 25.7 Å². The van der Waals surface area contributed by atoms with Crippen LogP contribution in [0, 0.1) is 10.8 Å². The first-order chi connectivity index (χ1) is 13.4. The van der Waals surface area contributed by atoms with Gasteiger partial charge in [0.2, 0.25) is 0 Å². The topological polar surface area (TPSA) is 29.5 Å². The Bertz CT molecular complexity index is 705. The fourth-order valence-corrected chi connectivity index (χ4v) is 3.80. The van der Waals surface area contributed by atoms with E-state index in [1.165, 1.54) is 6.92 Å². The summed E-state index contributed by atoms with van der Waals surface area (Å²) >= 11 is 0. The quantitative estimate of drug-likeness (QED) is 0.492. The molecule has 2 nitrogen and oxygen atoms in total. The number of alkyl halides is 6. The third kappa shape index (κ3) is 5.69. The van der Waals surface area contributed by atoms with Gasteiger partial charge in [0.1, 0.15) is 0 Å². The Morgan fingerprint density at radius 3 is 1.70 bits per heavy atom. The molecule has 0 spiro atoms. The number of hydrogen-bond donors (Lipinski definition) is 1. The predicted molar refractivity (Wildman–Crippen MR) is 102 cm³/mol. The lowest BCUT2D eigenvalue weighted by Crippen LogP contribution is -2.46. The maximum absolute atomic E-state index is 13.1. The minimum atomic E-state index is -4.88. The molecule has 0 amide bonds. The van der Waals surface area contributed by atoms with Crippen LogP contribution in [0.5, 0.6) is 0 Å². The zero-order valence-corrected chi connectivity index (χ0v) is 18.0. The molecule has 1 fully saturated rings. The highest BCUT2D eigenvalue weighted by Crippen LogP contribution is 2.50. The molecule has 1 aliphatic rings. The third-order valence-electron chi connectivity index (χ3n) is 6.80. The van der Waals surface area contributed by atoms with Gasteiger partial charge in [0.15, 0.2) is 0 Å². The molecular weight excluding hydrogens is 410 g/mol. The van der Waals surface area contributed by atoms with Crippen LogP contribution in [0.4, 0.5) is 26.3 Å². The van der Waals surface area contributed by atoms with E-state index in [1.54, 1.807) is 13.8 Å². The molecule has 1 saturated carbocycles. The van der Waals surface area contributed by atoms with Gasteiger partial charge in [-0.3, -0.25) is 0 Å². The Morgan fingerprint density at radius 1 is 0.900 bits per heavy atom. The monoisotopic (exact) mass is 440 g/mol. The molecule has 1 aromatic carbocycles. The highest BCUT2D eigenvalue weighted by Gasteiger charge is 2.45. The Morgan fingerprint density at radius 2 is 1.33 bits per heavy atom. The number of aliphatic hydroxyl groups is 1.